The first-order chi connectivity index (χ1) is 11.5. The van der Waals surface area contributed by atoms with E-state index in [1.54, 1.807) is 18.2 Å². The third kappa shape index (κ3) is 3.63. The Labute approximate surface area is 142 Å². The molecule has 6 nitrogen and oxygen atoms in total. The second-order valence-corrected chi connectivity index (χ2v) is 6.75. The number of carbonyl (C=O) groups excluding carboxylic acids is 2. The number of rotatable bonds is 2. The second kappa shape index (κ2) is 7.11. The molecule has 0 aromatic heterocycles. The zero-order valence-electron chi connectivity index (χ0n) is 14.3. The van der Waals surface area contributed by atoms with Crippen LogP contribution in [0.25, 0.3) is 0 Å². The van der Waals surface area contributed by atoms with E-state index in [0.717, 1.165) is 32.2 Å². The van der Waals surface area contributed by atoms with Crippen molar-refractivity contribution in [2.24, 2.45) is 0 Å². The number of amides is 3. The second-order valence-electron chi connectivity index (χ2n) is 6.75. The molecule has 130 valence electrons. The van der Waals surface area contributed by atoms with Gasteiger partial charge in [-0.3, -0.25) is 4.79 Å². The smallest absolute Gasteiger partial charge is 0.319 e. The number of hydrogen-bond donors (Lipinski definition) is 2. The predicted octanol–water partition coefficient (Wildman–Crippen LogP) is 2.99. The number of hydrogen-bond acceptors (Lipinski definition) is 3. The largest absolute Gasteiger partial charge is 0.493 e. The third-order valence-electron chi connectivity index (χ3n) is 4.48. The van der Waals surface area contributed by atoms with Crippen LogP contribution >= 0.6 is 0 Å². The minimum Gasteiger partial charge on any atom is -0.493 e. The number of nitrogens with one attached hydrogen (secondary N) is 2. The van der Waals surface area contributed by atoms with Crippen LogP contribution in [-0.4, -0.2) is 42.1 Å². The van der Waals surface area contributed by atoms with Crippen molar-refractivity contribution in [3.05, 3.63) is 23.8 Å². The molecule has 3 rings (SSSR count). The van der Waals surface area contributed by atoms with Gasteiger partial charge in [0.25, 0.3) is 5.91 Å². The first kappa shape index (κ1) is 16.6. The molecule has 1 aromatic carbocycles. The molecular formula is C18H25N3O3. The van der Waals surface area contributed by atoms with Gasteiger partial charge in [0.05, 0.1) is 12.2 Å². The Balaban J connectivity index is 1.83. The first-order valence-electron chi connectivity index (χ1n) is 8.70. The molecule has 0 spiro atoms. The molecule has 1 unspecified atom stereocenters. The van der Waals surface area contributed by atoms with Crippen molar-refractivity contribution in [1.29, 1.82) is 0 Å². The molecule has 0 aliphatic carbocycles. The highest BCUT2D eigenvalue weighted by atomic mass is 16.5. The quantitative estimate of drug-likeness (QED) is 0.875. The zero-order valence-corrected chi connectivity index (χ0v) is 14.3. The summed E-state index contributed by atoms with van der Waals surface area (Å²) in [5, 5.41) is 5.55. The summed E-state index contributed by atoms with van der Waals surface area (Å²) in [6, 6.07) is 5.28. The first-order valence-corrected chi connectivity index (χ1v) is 8.70. The maximum atomic E-state index is 13.0. The maximum absolute atomic E-state index is 13.0. The van der Waals surface area contributed by atoms with Crippen LogP contribution in [0, 0.1) is 0 Å². The van der Waals surface area contributed by atoms with Crippen molar-refractivity contribution in [2.45, 2.75) is 51.6 Å². The lowest BCUT2D eigenvalue weighted by molar-refractivity contribution is 0.0548. The fourth-order valence-electron chi connectivity index (χ4n) is 3.36. The number of anilines is 1. The fraction of sp³-hybridized carbons (Fsp3) is 0.556. The zero-order chi connectivity index (χ0) is 17.1. The van der Waals surface area contributed by atoms with Gasteiger partial charge >= 0.3 is 6.03 Å². The molecule has 2 aliphatic rings. The van der Waals surface area contributed by atoms with E-state index in [9.17, 15) is 9.59 Å². The minimum atomic E-state index is -0.278. The van der Waals surface area contributed by atoms with Crippen molar-refractivity contribution in [3.63, 3.8) is 0 Å². The molecule has 1 fully saturated rings. The van der Waals surface area contributed by atoms with E-state index in [1.165, 1.54) is 0 Å². The standard InChI is InChI=1S/C18H25N3O3/c1-12(2)19-18(23)20-13-6-7-16-15(11-13)17(22)21-9-4-3-5-14(21)8-10-24-16/h6-7,11-12,14H,3-5,8-10H2,1-2H3,(H2,19,20,23). The van der Waals surface area contributed by atoms with Crippen LogP contribution in [0.5, 0.6) is 5.75 Å². The number of piperidine rings is 1. The van der Waals surface area contributed by atoms with Gasteiger partial charge in [-0.15, -0.1) is 0 Å². The molecule has 2 aliphatic heterocycles. The van der Waals surface area contributed by atoms with Gasteiger partial charge in [-0.05, 0) is 51.3 Å². The van der Waals surface area contributed by atoms with E-state index in [0.29, 0.717) is 23.6 Å². The van der Waals surface area contributed by atoms with Gasteiger partial charge in [0.15, 0.2) is 0 Å². The molecule has 1 aromatic rings. The minimum absolute atomic E-state index is 0.00215. The van der Waals surface area contributed by atoms with E-state index >= 15 is 0 Å². The molecule has 1 saturated heterocycles. The maximum Gasteiger partial charge on any atom is 0.319 e. The lowest BCUT2D eigenvalue weighted by Crippen LogP contribution is -2.45. The van der Waals surface area contributed by atoms with Gasteiger partial charge < -0.3 is 20.3 Å². The van der Waals surface area contributed by atoms with Crippen molar-refractivity contribution in [3.8, 4) is 5.75 Å². The van der Waals surface area contributed by atoms with Crippen molar-refractivity contribution >= 4 is 17.6 Å². The third-order valence-corrected chi connectivity index (χ3v) is 4.48. The Morgan fingerprint density at radius 1 is 1.29 bits per heavy atom. The lowest BCUT2D eigenvalue weighted by Gasteiger charge is -2.37. The highest BCUT2D eigenvalue weighted by Gasteiger charge is 2.31. The van der Waals surface area contributed by atoms with Gasteiger partial charge in [-0.25, -0.2) is 4.79 Å². The number of urea groups is 1. The summed E-state index contributed by atoms with van der Waals surface area (Å²) < 4.78 is 5.80. The van der Waals surface area contributed by atoms with Gasteiger partial charge in [-0.2, -0.15) is 0 Å². The van der Waals surface area contributed by atoms with Crippen LogP contribution in [0.15, 0.2) is 18.2 Å². The number of fused-ring (bicyclic) bond motifs is 2. The van der Waals surface area contributed by atoms with Gasteiger partial charge in [0, 0.05) is 30.7 Å². The van der Waals surface area contributed by atoms with Crippen LogP contribution in [-0.2, 0) is 0 Å². The average Bonchev–Trinajstić information content (AvgIpc) is 2.53. The van der Waals surface area contributed by atoms with E-state index in [4.69, 9.17) is 4.74 Å². The summed E-state index contributed by atoms with van der Waals surface area (Å²) in [4.78, 5) is 26.8. The Bertz CT molecular complexity index is 630. The SMILES string of the molecule is CC(C)NC(=O)Nc1ccc2c(c1)C(=O)N1CCCCC1CCO2. The monoisotopic (exact) mass is 331 g/mol. The van der Waals surface area contributed by atoms with Crippen molar-refractivity contribution in [1.82, 2.24) is 10.2 Å². The summed E-state index contributed by atoms with van der Waals surface area (Å²) in [6.07, 6.45) is 4.13. The molecule has 0 radical (unpaired) electrons. The van der Waals surface area contributed by atoms with Crippen LogP contribution in [0.1, 0.15) is 49.9 Å². The molecule has 24 heavy (non-hydrogen) atoms. The van der Waals surface area contributed by atoms with Crippen molar-refractivity contribution < 1.29 is 14.3 Å². The summed E-state index contributed by atoms with van der Waals surface area (Å²) in [5.74, 6) is 0.598. The number of benzene rings is 1. The number of nitrogens with zero attached hydrogens (tertiary/aromatic N) is 1. The van der Waals surface area contributed by atoms with Crippen LogP contribution in [0.4, 0.5) is 10.5 Å². The summed E-state index contributed by atoms with van der Waals surface area (Å²) >= 11 is 0. The summed E-state index contributed by atoms with van der Waals surface area (Å²) in [6.45, 7) is 5.21. The fourth-order valence-corrected chi connectivity index (χ4v) is 3.36. The molecule has 0 bridgehead atoms. The molecule has 3 amide bonds. The van der Waals surface area contributed by atoms with E-state index in [-0.39, 0.29) is 24.0 Å². The highest BCUT2D eigenvalue weighted by Crippen LogP contribution is 2.30. The molecule has 1 atom stereocenters. The summed E-state index contributed by atoms with van der Waals surface area (Å²) in [5.41, 5.74) is 1.13. The Hall–Kier alpha value is -2.24. The summed E-state index contributed by atoms with van der Waals surface area (Å²) in [7, 11) is 0. The topological polar surface area (TPSA) is 70.7 Å². The van der Waals surface area contributed by atoms with Gasteiger partial charge in [-0.1, -0.05) is 0 Å². The Kier molecular flexibility index (Phi) is 4.92. The van der Waals surface area contributed by atoms with Gasteiger partial charge in [0.1, 0.15) is 5.75 Å². The number of carbonyl (C=O) groups is 2. The molecular weight excluding hydrogens is 306 g/mol. The molecule has 2 heterocycles. The van der Waals surface area contributed by atoms with Crippen LogP contribution in [0.3, 0.4) is 0 Å². The van der Waals surface area contributed by atoms with Crippen LogP contribution in [0.2, 0.25) is 0 Å². The number of ether oxygens (including phenoxy) is 1. The van der Waals surface area contributed by atoms with Gasteiger partial charge in [0.2, 0.25) is 0 Å². The molecule has 2 N–H and O–H groups in total. The predicted molar refractivity (Wildman–Crippen MR) is 92.5 cm³/mol. The Morgan fingerprint density at radius 3 is 2.92 bits per heavy atom. The normalized spacial score (nSPS) is 20.4. The lowest BCUT2D eigenvalue weighted by atomic mass is 9.97. The van der Waals surface area contributed by atoms with Crippen LogP contribution < -0.4 is 15.4 Å². The molecule has 0 saturated carbocycles. The highest BCUT2D eigenvalue weighted by molar-refractivity contribution is 5.99. The van der Waals surface area contributed by atoms with Crippen molar-refractivity contribution in [2.75, 3.05) is 18.5 Å². The Morgan fingerprint density at radius 2 is 2.12 bits per heavy atom. The molecule has 6 heteroatoms. The van der Waals surface area contributed by atoms with E-state index in [1.807, 2.05) is 18.7 Å². The van der Waals surface area contributed by atoms with E-state index in [2.05, 4.69) is 10.6 Å². The average molecular weight is 331 g/mol. The van der Waals surface area contributed by atoms with E-state index < -0.39 is 0 Å².